The van der Waals surface area contributed by atoms with Crippen molar-refractivity contribution in [2.45, 2.75) is 26.9 Å². The molecule has 0 saturated heterocycles. The van der Waals surface area contributed by atoms with Crippen LogP contribution in [0, 0.1) is 13.8 Å². The van der Waals surface area contributed by atoms with Crippen molar-refractivity contribution >= 4 is 12.2 Å². The topological polar surface area (TPSA) is 64.4 Å². The van der Waals surface area contributed by atoms with Crippen LogP contribution < -0.4 is 5.32 Å². The van der Waals surface area contributed by atoms with E-state index >= 15 is 0 Å². The first-order chi connectivity index (χ1) is 10.7. The van der Waals surface area contributed by atoms with E-state index < -0.39 is 6.09 Å². The number of benzene rings is 1. The highest BCUT2D eigenvalue weighted by Crippen LogP contribution is 2.13. The van der Waals surface area contributed by atoms with Gasteiger partial charge in [-0.2, -0.15) is 0 Å². The second kappa shape index (κ2) is 8.02. The fourth-order valence-corrected chi connectivity index (χ4v) is 1.96. The Morgan fingerprint density at radius 1 is 1.32 bits per heavy atom. The van der Waals surface area contributed by atoms with Gasteiger partial charge in [-0.1, -0.05) is 47.6 Å². The number of amides is 1. The lowest BCUT2D eigenvalue weighted by molar-refractivity contribution is 0.140. The molecule has 0 unspecified atom stereocenters. The Bertz CT molecular complexity index is 613. The largest absolute Gasteiger partial charge is 0.445 e. The molecular weight excluding hydrogens is 280 g/mol. The fraction of sp³-hybridized carbons (Fsp3) is 0.294. The first-order valence-electron chi connectivity index (χ1n) is 7.21. The molecule has 0 saturated carbocycles. The van der Waals surface area contributed by atoms with Crippen molar-refractivity contribution in [3.8, 4) is 0 Å². The molecule has 1 heterocycles. The number of rotatable bonds is 6. The van der Waals surface area contributed by atoms with E-state index in [0.717, 1.165) is 22.6 Å². The van der Waals surface area contributed by atoms with Crippen LogP contribution in [0.3, 0.4) is 0 Å². The Hall–Kier alpha value is -2.56. The first-order valence-corrected chi connectivity index (χ1v) is 7.21. The highest BCUT2D eigenvalue weighted by molar-refractivity contribution is 5.67. The van der Waals surface area contributed by atoms with Gasteiger partial charge in [0, 0.05) is 12.1 Å². The van der Waals surface area contributed by atoms with Gasteiger partial charge < -0.3 is 14.6 Å². The zero-order chi connectivity index (χ0) is 15.8. The van der Waals surface area contributed by atoms with Crippen molar-refractivity contribution in [2.75, 3.05) is 6.54 Å². The quantitative estimate of drug-likeness (QED) is 0.827. The summed E-state index contributed by atoms with van der Waals surface area (Å²) in [6.45, 7) is 4.57. The van der Waals surface area contributed by atoms with E-state index in [2.05, 4.69) is 10.5 Å². The third-order valence-corrected chi connectivity index (χ3v) is 3.17. The standard InChI is InChI=1S/C17H20N2O3/c1-13-16(14(2)22-19-13)10-6-7-11-18-17(20)21-12-15-8-4-3-5-9-15/h3-6,8-10H,7,11-12H2,1-2H3,(H,18,20). The zero-order valence-corrected chi connectivity index (χ0v) is 12.8. The van der Waals surface area contributed by atoms with E-state index in [4.69, 9.17) is 9.26 Å². The van der Waals surface area contributed by atoms with Gasteiger partial charge in [0.25, 0.3) is 0 Å². The molecule has 1 N–H and O–H groups in total. The molecule has 116 valence electrons. The molecule has 0 radical (unpaired) electrons. The van der Waals surface area contributed by atoms with E-state index in [1.165, 1.54) is 0 Å². The summed E-state index contributed by atoms with van der Waals surface area (Å²) in [5.41, 5.74) is 2.83. The van der Waals surface area contributed by atoms with Crippen LogP contribution >= 0.6 is 0 Å². The van der Waals surface area contributed by atoms with Crippen molar-refractivity contribution in [2.24, 2.45) is 0 Å². The van der Waals surface area contributed by atoms with Crippen LogP contribution in [0.1, 0.15) is 29.0 Å². The summed E-state index contributed by atoms with van der Waals surface area (Å²) in [5, 5.41) is 6.59. The smallest absolute Gasteiger partial charge is 0.407 e. The molecule has 2 aromatic rings. The van der Waals surface area contributed by atoms with E-state index in [-0.39, 0.29) is 6.61 Å². The predicted molar refractivity (Wildman–Crippen MR) is 84.3 cm³/mol. The minimum Gasteiger partial charge on any atom is -0.445 e. The monoisotopic (exact) mass is 300 g/mol. The van der Waals surface area contributed by atoms with Gasteiger partial charge >= 0.3 is 6.09 Å². The maximum atomic E-state index is 11.5. The van der Waals surface area contributed by atoms with Crippen molar-refractivity contribution in [3.05, 3.63) is 59.0 Å². The minimum atomic E-state index is -0.408. The van der Waals surface area contributed by atoms with Crippen molar-refractivity contribution < 1.29 is 14.1 Å². The molecule has 0 fully saturated rings. The molecule has 0 aliphatic carbocycles. The summed E-state index contributed by atoms with van der Waals surface area (Å²) in [7, 11) is 0. The molecule has 0 spiro atoms. The van der Waals surface area contributed by atoms with Gasteiger partial charge in [0.2, 0.25) is 0 Å². The summed E-state index contributed by atoms with van der Waals surface area (Å²) in [4.78, 5) is 11.5. The predicted octanol–water partition coefficient (Wildman–Crippen LogP) is 3.62. The summed E-state index contributed by atoms with van der Waals surface area (Å²) < 4.78 is 10.2. The summed E-state index contributed by atoms with van der Waals surface area (Å²) in [6.07, 6.45) is 4.24. The van der Waals surface area contributed by atoms with Crippen molar-refractivity contribution in [1.29, 1.82) is 0 Å². The normalized spacial score (nSPS) is 10.8. The Balaban J connectivity index is 1.65. The molecule has 5 heteroatoms. The molecule has 1 aromatic heterocycles. The van der Waals surface area contributed by atoms with E-state index in [0.29, 0.717) is 13.0 Å². The molecule has 0 atom stereocenters. The van der Waals surface area contributed by atoms with Gasteiger partial charge in [-0.25, -0.2) is 4.79 Å². The second-order valence-corrected chi connectivity index (χ2v) is 4.92. The maximum absolute atomic E-state index is 11.5. The van der Waals surface area contributed by atoms with Crippen LogP contribution in [0.25, 0.3) is 6.08 Å². The average molecular weight is 300 g/mol. The number of carbonyl (C=O) groups is 1. The number of hydrogen-bond donors (Lipinski definition) is 1. The van der Waals surface area contributed by atoms with Crippen molar-refractivity contribution in [3.63, 3.8) is 0 Å². The van der Waals surface area contributed by atoms with Crippen LogP contribution in [-0.4, -0.2) is 17.8 Å². The number of nitrogens with one attached hydrogen (secondary N) is 1. The summed E-state index contributed by atoms with van der Waals surface area (Å²) in [5.74, 6) is 0.795. The lowest BCUT2D eigenvalue weighted by Gasteiger charge is -2.05. The highest BCUT2D eigenvalue weighted by atomic mass is 16.5. The van der Waals surface area contributed by atoms with Gasteiger partial charge in [-0.15, -0.1) is 0 Å². The SMILES string of the molecule is Cc1noc(C)c1C=CCCNC(=O)OCc1ccccc1. The Morgan fingerprint density at radius 2 is 2.09 bits per heavy atom. The molecule has 2 rings (SSSR count). The molecule has 0 aliphatic rings. The lowest BCUT2D eigenvalue weighted by atomic mass is 10.2. The van der Waals surface area contributed by atoms with Gasteiger partial charge in [0.05, 0.1) is 5.69 Å². The molecule has 1 aromatic carbocycles. The fourth-order valence-electron chi connectivity index (χ4n) is 1.96. The molecule has 1 amide bonds. The number of aryl methyl sites for hydroxylation is 2. The molecule has 0 aliphatic heterocycles. The van der Waals surface area contributed by atoms with Gasteiger partial charge in [-0.3, -0.25) is 0 Å². The van der Waals surface area contributed by atoms with E-state index in [1.54, 1.807) is 0 Å². The molecule has 0 bridgehead atoms. The third-order valence-electron chi connectivity index (χ3n) is 3.17. The van der Waals surface area contributed by atoms with Crippen LogP contribution in [0.2, 0.25) is 0 Å². The van der Waals surface area contributed by atoms with Gasteiger partial charge in [-0.05, 0) is 25.8 Å². The molecule has 22 heavy (non-hydrogen) atoms. The van der Waals surface area contributed by atoms with Crippen LogP contribution in [-0.2, 0) is 11.3 Å². The van der Waals surface area contributed by atoms with Crippen molar-refractivity contribution in [1.82, 2.24) is 10.5 Å². The maximum Gasteiger partial charge on any atom is 0.407 e. The lowest BCUT2D eigenvalue weighted by Crippen LogP contribution is -2.24. The Labute approximate surface area is 130 Å². The first kappa shape index (κ1) is 15.8. The number of alkyl carbamates (subject to hydrolysis) is 1. The number of nitrogens with zero attached hydrogens (tertiary/aromatic N) is 1. The minimum absolute atomic E-state index is 0.279. The Kier molecular flexibility index (Phi) is 5.77. The van der Waals surface area contributed by atoms with Crippen LogP contribution in [0.15, 0.2) is 40.9 Å². The summed E-state index contributed by atoms with van der Waals surface area (Å²) in [6, 6.07) is 9.58. The number of ether oxygens (including phenoxy) is 1. The summed E-state index contributed by atoms with van der Waals surface area (Å²) >= 11 is 0. The second-order valence-electron chi connectivity index (χ2n) is 4.92. The van der Waals surface area contributed by atoms with E-state index in [9.17, 15) is 4.79 Å². The van der Waals surface area contributed by atoms with Crippen LogP contribution in [0.5, 0.6) is 0 Å². The van der Waals surface area contributed by atoms with Crippen LogP contribution in [0.4, 0.5) is 4.79 Å². The number of hydrogen-bond acceptors (Lipinski definition) is 4. The van der Waals surface area contributed by atoms with Gasteiger partial charge in [0.1, 0.15) is 12.4 Å². The zero-order valence-electron chi connectivity index (χ0n) is 12.8. The van der Waals surface area contributed by atoms with Gasteiger partial charge in [0.15, 0.2) is 0 Å². The van der Waals surface area contributed by atoms with E-state index in [1.807, 2.05) is 56.3 Å². The highest BCUT2D eigenvalue weighted by Gasteiger charge is 2.04. The average Bonchev–Trinajstić information content (AvgIpc) is 2.85. The third kappa shape index (κ3) is 4.77. The number of aromatic nitrogens is 1. The Morgan fingerprint density at radius 3 is 2.77 bits per heavy atom. The molecular formula is C17H20N2O3. The number of carbonyl (C=O) groups excluding carboxylic acids is 1. The molecule has 5 nitrogen and oxygen atoms in total.